The number of nitrogens with zero attached hydrogens (tertiary/aromatic N) is 3. The van der Waals surface area contributed by atoms with E-state index in [4.69, 9.17) is 9.47 Å². The summed E-state index contributed by atoms with van der Waals surface area (Å²) >= 11 is 0. The summed E-state index contributed by atoms with van der Waals surface area (Å²) in [5, 5.41) is 3.43. The Hall–Kier alpha value is -2.62. The van der Waals surface area contributed by atoms with Crippen molar-refractivity contribution in [2.24, 2.45) is 0 Å². The Morgan fingerprint density at radius 1 is 1.30 bits per heavy atom. The zero-order chi connectivity index (χ0) is 23.8. The molecule has 178 valence electrons. The van der Waals surface area contributed by atoms with Crippen LogP contribution in [0.25, 0.3) is 0 Å². The van der Waals surface area contributed by atoms with Crippen molar-refractivity contribution in [2.45, 2.75) is 38.3 Å². The van der Waals surface area contributed by atoms with Crippen LogP contribution in [-0.4, -0.2) is 67.8 Å². The first-order valence-electron chi connectivity index (χ1n) is 11.1. The number of piperazine rings is 1. The van der Waals surface area contributed by atoms with Crippen LogP contribution < -0.4 is 15.0 Å². The molecule has 2 aliphatic rings. The van der Waals surface area contributed by atoms with Crippen LogP contribution in [0, 0.1) is 11.6 Å². The Labute approximate surface area is 192 Å². The second-order valence-corrected chi connectivity index (χ2v) is 9.40. The van der Waals surface area contributed by atoms with E-state index >= 15 is 0 Å². The third-order valence-electron chi connectivity index (χ3n) is 6.28. The Morgan fingerprint density at radius 3 is 2.73 bits per heavy atom. The van der Waals surface area contributed by atoms with Crippen molar-refractivity contribution in [3.63, 3.8) is 0 Å². The number of anilines is 1. The number of benzene rings is 1. The molecule has 1 saturated heterocycles. The minimum Gasteiger partial charge on any atom is -0.433 e. The maximum absolute atomic E-state index is 14.1. The number of rotatable bonds is 6. The van der Waals surface area contributed by atoms with Gasteiger partial charge >= 0.3 is 0 Å². The molecule has 4 rings (SSSR count). The SMILES string of the molecule is COC[C@H]1CN[C@H](C)CN1CC(=O)N1CC(C)(C)c2cnc(Oc3c(F)cccc3F)cc21. The minimum atomic E-state index is -0.817. The van der Waals surface area contributed by atoms with E-state index in [1.165, 1.54) is 6.07 Å². The number of halogens is 2. The van der Waals surface area contributed by atoms with Crippen molar-refractivity contribution in [2.75, 3.05) is 44.8 Å². The van der Waals surface area contributed by atoms with Crippen LogP contribution in [0.3, 0.4) is 0 Å². The summed E-state index contributed by atoms with van der Waals surface area (Å²) in [7, 11) is 1.66. The second-order valence-electron chi connectivity index (χ2n) is 9.40. The van der Waals surface area contributed by atoms with Crippen molar-refractivity contribution in [1.29, 1.82) is 0 Å². The maximum Gasteiger partial charge on any atom is 0.241 e. The highest BCUT2D eigenvalue weighted by Crippen LogP contribution is 2.42. The molecule has 1 N–H and O–H groups in total. The Morgan fingerprint density at radius 2 is 2.03 bits per heavy atom. The predicted octanol–water partition coefficient (Wildman–Crippen LogP) is 3.09. The number of pyridine rings is 1. The van der Waals surface area contributed by atoms with Crippen molar-refractivity contribution in [1.82, 2.24) is 15.2 Å². The quantitative estimate of drug-likeness (QED) is 0.715. The molecular formula is C24H30F2N4O3. The lowest BCUT2D eigenvalue weighted by Gasteiger charge is -2.39. The number of para-hydroxylation sites is 1. The van der Waals surface area contributed by atoms with Crippen LogP contribution in [0.15, 0.2) is 30.5 Å². The topological polar surface area (TPSA) is 66.9 Å². The average Bonchev–Trinajstić information content (AvgIpc) is 3.03. The standard InChI is InChI=1S/C24H30F2N4O3/c1-15-11-29(16(9-27-15)13-32-4)12-22(31)30-14-24(2,3)17-10-28-21(8-20(17)30)33-23-18(25)6-5-7-19(23)26/h5-8,10,15-16,27H,9,11-14H2,1-4H3/t15-,16-/m1/s1. The van der Waals surface area contributed by atoms with Crippen molar-refractivity contribution < 1.29 is 23.0 Å². The first-order chi connectivity index (χ1) is 15.7. The fraction of sp³-hybridized carbons (Fsp3) is 0.500. The molecule has 2 aromatic rings. The van der Waals surface area contributed by atoms with Crippen LogP contribution in [0.1, 0.15) is 26.3 Å². The monoisotopic (exact) mass is 460 g/mol. The largest absolute Gasteiger partial charge is 0.433 e. The molecular weight excluding hydrogens is 430 g/mol. The van der Waals surface area contributed by atoms with Crippen LogP contribution in [0.2, 0.25) is 0 Å². The van der Waals surface area contributed by atoms with Crippen LogP contribution in [0.4, 0.5) is 14.5 Å². The zero-order valence-electron chi connectivity index (χ0n) is 19.4. The summed E-state index contributed by atoms with van der Waals surface area (Å²) in [6.07, 6.45) is 1.62. The third-order valence-corrected chi connectivity index (χ3v) is 6.28. The van der Waals surface area contributed by atoms with E-state index in [1.54, 1.807) is 24.3 Å². The van der Waals surface area contributed by atoms with Crippen molar-refractivity contribution >= 4 is 11.6 Å². The molecule has 2 atom stereocenters. The van der Waals surface area contributed by atoms with Crippen LogP contribution in [0.5, 0.6) is 11.6 Å². The number of carbonyl (C=O) groups is 1. The predicted molar refractivity (Wildman–Crippen MR) is 121 cm³/mol. The van der Waals surface area contributed by atoms with Gasteiger partial charge in [-0.2, -0.15) is 0 Å². The summed E-state index contributed by atoms with van der Waals surface area (Å²) in [4.78, 5) is 21.6. The molecule has 0 spiro atoms. The number of methoxy groups -OCH3 is 1. The molecule has 1 aromatic carbocycles. The second kappa shape index (κ2) is 9.32. The smallest absolute Gasteiger partial charge is 0.241 e. The average molecular weight is 461 g/mol. The summed E-state index contributed by atoms with van der Waals surface area (Å²) < 4.78 is 38.9. The van der Waals surface area contributed by atoms with Gasteiger partial charge in [-0.15, -0.1) is 0 Å². The number of ether oxygens (including phenoxy) is 2. The Kier molecular flexibility index (Phi) is 6.65. The molecule has 9 heteroatoms. The van der Waals surface area contributed by atoms with Gasteiger partial charge in [-0.25, -0.2) is 13.8 Å². The Balaban J connectivity index is 1.58. The fourth-order valence-corrected chi connectivity index (χ4v) is 4.54. The van der Waals surface area contributed by atoms with Gasteiger partial charge < -0.3 is 19.7 Å². The number of hydrogen-bond acceptors (Lipinski definition) is 6. The molecule has 33 heavy (non-hydrogen) atoms. The van der Waals surface area contributed by atoms with Gasteiger partial charge in [-0.05, 0) is 19.1 Å². The number of nitrogens with one attached hydrogen (secondary N) is 1. The molecule has 0 aliphatic carbocycles. The van der Waals surface area contributed by atoms with Gasteiger partial charge in [0.15, 0.2) is 11.6 Å². The highest BCUT2D eigenvalue weighted by molar-refractivity contribution is 5.97. The van der Waals surface area contributed by atoms with Gasteiger partial charge in [-0.1, -0.05) is 19.9 Å². The number of amides is 1. The van der Waals surface area contributed by atoms with Crippen molar-refractivity contribution in [3.8, 4) is 11.6 Å². The summed E-state index contributed by atoms with van der Waals surface area (Å²) in [5.74, 6) is -2.17. The molecule has 1 aromatic heterocycles. The van der Waals surface area contributed by atoms with Crippen LogP contribution >= 0.6 is 0 Å². The summed E-state index contributed by atoms with van der Waals surface area (Å²) in [5.41, 5.74) is 1.22. The van der Waals surface area contributed by atoms with Gasteiger partial charge in [0.2, 0.25) is 17.5 Å². The normalized spacial score (nSPS) is 22.3. The first kappa shape index (κ1) is 23.5. The first-order valence-corrected chi connectivity index (χ1v) is 11.1. The molecule has 1 amide bonds. The van der Waals surface area contributed by atoms with Gasteiger partial charge in [0.05, 0.1) is 18.8 Å². The molecule has 0 radical (unpaired) electrons. The van der Waals surface area contributed by atoms with E-state index < -0.39 is 17.4 Å². The zero-order valence-corrected chi connectivity index (χ0v) is 19.4. The Bertz CT molecular complexity index is 1010. The lowest BCUT2D eigenvalue weighted by Crippen LogP contribution is -2.59. The van der Waals surface area contributed by atoms with Crippen molar-refractivity contribution in [3.05, 3.63) is 47.7 Å². The third kappa shape index (κ3) is 4.85. The maximum atomic E-state index is 14.1. The fourth-order valence-electron chi connectivity index (χ4n) is 4.54. The van der Waals surface area contributed by atoms with Gasteiger partial charge in [-0.3, -0.25) is 9.69 Å². The molecule has 3 heterocycles. The number of carbonyl (C=O) groups excluding carboxylic acids is 1. The number of hydrogen-bond donors (Lipinski definition) is 1. The lowest BCUT2D eigenvalue weighted by atomic mass is 9.88. The summed E-state index contributed by atoms with van der Waals surface area (Å²) in [6, 6.07) is 5.47. The van der Waals surface area contributed by atoms with E-state index in [0.29, 0.717) is 18.8 Å². The van der Waals surface area contributed by atoms with E-state index in [1.807, 2.05) is 13.8 Å². The van der Waals surface area contributed by atoms with E-state index in [9.17, 15) is 13.6 Å². The van der Waals surface area contributed by atoms with Gasteiger partial charge in [0.1, 0.15) is 0 Å². The number of aromatic nitrogens is 1. The molecule has 0 bridgehead atoms. The highest BCUT2D eigenvalue weighted by Gasteiger charge is 2.40. The van der Waals surface area contributed by atoms with Gasteiger partial charge in [0.25, 0.3) is 0 Å². The lowest BCUT2D eigenvalue weighted by molar-refractivity contribution is -0.121. The molecule has 1 fully saturated rings. The molecule has 7 nitrogen and oxygen atoms in total. The van der Waals surface area contributed by atoms with E-state index in [2.05, 4.69) is 22.1 Å². The van der Waals surface area contributed by atoms with E-state index in [0.717, 1.165) is 30.8 Å². The van der Waals surface area contributed by atoms with Crippen LogP contribution in [-0.2, 0) is 14.9 Å². The van der Waals surface area contributed by atoms with E-state index in [-0.39, 0.29) is 35.8 Å². The number of fused-ring (bicyclic) bond motifs is 1. The minimum absolute atomic E-state index is 0.0290. The summed E-state index contributed by atoms with van der Waals surface area (Å²) in [6.45, 7) is 8.92. The van der Waals surface area contributed by atoms with Gasteiger partial charge in [0, 0.05) is 62.1 Å². The molecule has 2 aliphatic heterocycles. The molecule has 0 unspecified atom stereocenters. The molecule has 0 saturated carbocycles. The highest BCUT2D eigenvalue weighted by atomic mass is 19.1.